The number of allylic oxidation sites excluding steroid dienone is 1. The summed E-state index contributed by atoms with van der Waals surface area (Å²) in [6, 6.07) is 10.5. The molecular weight excluding hydrogens is 476 g/mol. The highest BCUT2D eigenvalue weighted by atomic mass is 32.1. The van der Waals surface area contributed by atoms with Crippen LogP contribution in [0.5, 0.6) is 0 Å². The van der Waals surface area contributed by atoms with Gasteiger partial charge in [-0.05, 0) is 31.1 Å². The van der Waals surface area contributed by atoms with Crippen molar-refractivity contribution in [3.8, 4) is 0 Å². The Hall–Kier alpha value is -4.45. The molecule has 0 amide bonds. The summed E-state index contributed by atoms with van der Waals surface area (Å²) in [6.07, 6.45) is 1.50. The Morgan fingerprint density at radius 2 is 1.80 bits per heavy atom. The number of carbonyl (C=O) groups is 1. The fourth-order valence-electron chi connectivity index (χ4n) is 3.79. The average molecular weight is 494 g/mol. The Bertz CT molecular complexity index is 1590. The zero-order valence-electron chi connectivity index (χ0n) is 18.5. The van der Waals surface area contributed by atoms with Crippen molar-refractivity contribution in [2.45, 2.75) is 19.9 Å². The van der Waals surface area contributed by atoms with E-state index >= 15 is 0 Å². The zero-order chi connectivity index (χ0) is 25.3. The summed E-state index contributed by atoms with van der Waals surface area (Å²) in [5.41, 5.74) is 0.397. The Morgan fingerprint density at radius 3 is 2.46 bits per heavy atom. The molecule has 0 saturated carbocycles. The van der Waals surface area contributed by atoms with Crippen LogP contribution in [0.25, 0.3) is 6.08 Å². The van der Waals surface area contributed by atoms with Gasteiger partial charge in [-0.1, -0.05) is 35.6 Å². The molecule has 3 aromatic rings. The number of hydrogen-bond donors (Lipinski definition) is 0. The van der Waals surface area contributed by atoms with Gasteiger partial charge in [0.05, 0.1) is 38.3 Å². The van der Waals surface area contributed by atoms with E-state index in [9.17, 15) is 29.8 Å². The molecule has 0 unspecified atom stereocenters. The molecule has 1 atom stereocenters. The molecule has 0 saturated heterocycles. The smallest absolute Gasteiger partial charge is 0.338 e. The number of carbonyl (C=O) groups excluding carboxylic acids is 1. The monoisotopic (exact) mass is 494 g/mol. The van der Waals surface area contributed by atoms with Gasteiger partial charge in [0.2, 0.25) is 0 Å². The summed E-state index contributed by atoms with van der Waals surface area (Å²) in [5, 5.41) is 22.5. The second kappa shape index (κ2) is 9.43. The molecule has 0 aliphatic carbocycles. The lowest BCUT2D eigenvalue weighted by atomic mass is 9.95. The van der Waals surface area contributed by atoms with Crippen LogP contribution >= 0.6 is 11.3 Å². The molecule has 0 bridgehead atoms. The van der Waals surface area contributed by atoms with Gasteiger partial charge in [-0.2, -0.15) is 0 Å². The summed E-state index contributed by atoms with van der Waals surface area (Å²) < 4.78 is 6.73. The first-order chi connectivity index (χ1) is 16.7. The van der Waals surface area contributed by atoms with Crippen molar-refractivity contribution in [3.05, 3.63) is 111 Å². The van der Waals surface area contributed by atoms with Crippen molar-refractivity contribution in [3.63, 3.8) is 0 Å². The van der Waals surface area contributed by atoms with Gasteiger partial charge < -0.3 is 4.74 Å². The Balaban J connectivity index is 1.96. The third-order valence-corrected chi connectivity index (χ3v) is 6.28. The van der Waals surface area contributed by atoms with Crippen molar-refractivity contribution in [2.24, 2.45) is 4.99 Å². The van der Waals surface area contributed by atoms with E-state index < -0.39 is 27.4 Å². The molecule has 178 valence electrons. The van der Waals surface area contributed by atoms with E-state index in [4.69, 9.17) is 4.74 Å². The number of hydrogen-bond acceptors (Lipinski definition) is 9. The topological polar surface area (TPSA) is 147 Å². The van der Waals surface area contributed by atoms with Gasteiger partial charge in [0.25, 0.3) is 16.9 Å². The second-order valence-electron chi connectivity index (χ2n) is 7.51. The second-order valence-corrected chi connectivity index (χ2v) is 8.52. The van der Waals surface area contributed by atoms with Crippen LogP contribution in [-0.4, -0.2) is 27.0 Å². The number of fused-ring (bicyclic) bond motifs is 1. The van der Waals surface area contributed by atoms with E-state index in [1.54, 1.807) is 26.0 Å². The van der Waals surface area contributed by atoms with Gasteiger partial charge in [0.15, 0.2) is 4.80 Å². The molecule has 12 heteroatoms. The fourth-order valence-corrected chi connectivity index (χ4v) is 4.84. The van der Waals surface area contributed by atoms with E-state index in [1.807, 2.05) is 0 Å². The summed E-state index contributed by atoms with van der Waals surface area (Å²) in [6.45, 7) is 3.34. The van der Waals surface area contributed by atoms with E-state index in [1.165, 1.54) is 47.0 Å². The molecule has 11 nitrogen and oxygen atoms in total. The van der Waals surface area contributed by atoms with Gasteiger partial charge >= 0.3 is 5.97 Å². The average Bonchev–Trinajstić information content (AvgIpc) is 3.12. The molecule has 2 aromatic carbocycles. The predicted molar refractivity (Wildman–Crippen MR) is 127 cm³/mol. The quantitative estimate of drug-likeness (QED) is 0.291. The van der Waals surface area contributed by atoms with Crippen molar-refractivity contribution < 1.29 is 19.4 Å². The molecule has 2 heterocycles. The van der Waals surface area contributed by atoms with Crippen molar-refractivity contribution in [1.82, 2.24) is 4.57 Å². The van der Waals surface area contributed by atoms with E-state index in [0.29, 0.717) is 16.8 Å². The molecule has 1 aliphatic rings. The first-order valence-electron chi connectivity index (χ1n) is 10.4. The summed E-state index contributed by atoms with van der Waals surface area (Å²) in [7, 11) is 0. The number of esters is 1. The number of benzene rings is 2. The van der Waals surface area contributed by atoms with Crippen LogP contribution in [0.15, 0.2) is 69.6 Å². The third kappa shape index (κ3) is 4.51. The van der Waals surface area contributed by atoms with Gasteiger partial charge in [0.1, 0.15) is 0 Å². The molecule has 1 aliphatic heterocycles. The van der Waals surface area contributed by atoms with E-state index in [0.717, 1.165) is 11.3 Å². The lowest BCUT2D eigenvalue weighted by Crippen LogP contribution is -2.40. The Labute approximate surface area is 201 Å². The minimum atomic E-state index is -1.00. The number of rotatable bonds is 6. The van der Waals surface area contributed by atoms with Crippen LogP contribution in [0.2, 0.25) is 0 Å². The maximum Gasteiger partial charge on any atom is 0.338 e. The highest BCUT2D eigenvalue weighted by molar-refractivity contribution is 7.07. The highest BCUT2D eigenvalue weighted by Gasteiger charge is 2.34. The summed E-state index contributed by atoms with van der Waals surface area (Å²) >= 11 is 1.05. The minimum Gasteiger partial charge on any atom is -0.463 e. The molecule has 0 spiro atoms. The Kier molecular flexibility index (Phi) is 6.38. The van der Waals surface area contributed by atoms with Crippen molar-refractivity contribution in [2.75, 3.05) is 6.61 Å². The highest BCUT2D eigenvalue weighted by Crippen LogP contribution is 2.32. The fraction of sp³-hybridized carbons (Fsp3) is 0.174. The zero-order valence-corrected chi connectivity index (χ0v) is 19.4. The largest absolute Gasteiger partial charge is 0.463 e. The lowest BCUT2D eigenvalue weighted by Gasteiger charge is -2.24. The SMILES string of the molecule is CCOC(=O)C1=C(C)N=c2sc(=Cc3cccc([N+](=O)[O-])c3)c(=O)n2[C@@H]1c1cccc([N+](=O)[O-])c1. The third-order valence-electron chi connectivity index (χ3n) is 5.29. The molecule has 4 rings (SSSR count). The molecule has 0 N–H and O–H groups in total. The molecule has 35 heavy (non-hydrogen) atoms. The molecule has 0 radical (unpaired) electrons. The van der Waals surface area contributed by atoms with Gasteiger partial charge in [-0.25, -0.2) is 9.79 Å². The van der Waals surface area contributed by atoms with Crippen LogP contribution in [0.1, 0.15) is 31.0 Å². The first kappa shape index (κ1) is 23.7. The summed E-state index contributed by atoms with van der Waals surface area (Å²) in [4.78, 5) is 52.5. The molecule has 0 fully saturated rings. The predicted octanol–water partition coefficient (Wildman–Crippen LogP) is 2.61. The van der Waals surface area contributed by atoms with Crippen molar-refractivity contribution in [1.29, 1.82) is 0 Å². The maximum absolute atomic E-state index is 13.5. The van der Waals surface area contributed by atoms with Crippen LogP contribution in [0, 0.1) is 20.2 Å². The van der Waals surface area contributed by atoms with E-state index in [2.05, 4.69) is 4.99 Å². The number of nitro groups is 2. The number of nitro benzene ring substituents is 2. The summed E-state index contributed by atoms with van der Waals surface area (Å²) in [5.74, 6) is -0.682. The number of thiazole rings is 1. The number of nitrogens with zero attached hydrogens (tertiary/aromatic N) is 4. The number of ether oxygens (including phenoxy) is 1. The maximum atomic E-state index is 13.5. The van der Waals surface area contributed by atoms with Gasteiger partial charge in [0, 0.05) is 24.3 Å². The molecular formula is C23H18N4O7S. The number of aromatic nitrogens is 1. The van der Waals surface area contributed by atoms with Crippen LogP contribution < -0.4 is 14.9 Å². The van der Waals surface area contributed by atoms with Crippen LogP contribution in [0.4, 0.5) is 11.4 Å². The van der Waals surface area contributed by atoms with Crippen molar-refractivity contribution >= 4 is 34.8 Å². The first-order valence-corrected chi connectivity index (χ1v) is 11.2. The van der Waals surface area contributed by atoms with Gasteiger partial charge in [-0.15, -0.1) is 0 Å². The van der Waals surface area contributed by atoms with Crippen LogP contribution in [-0.2, 0) is 9.53 Å². The van der Waals surface area contributed by atoms with E-state index in [-0.39, 0.29) is 32.9 Å². The normalized spacial score (nSPS) is 15.4. The van der Waals surface area contributed by atoms with Gasteiger partial charge in [-0.3, -0.25) is 29.6 Å². The minimum absolute atomic E-state index is 0.0917. The van der Waals surface area contributed by atoms with Crippen LogP contribution in [0.3, 0.4) is 0 Å². The standard InChI is InChI=1S/C23H18N4O7S/c1-3-34-22(29)19-13(2)24-23-25(20(19)15-7-5-9-17(12-15)27(32)33)21(28)18(35-23)11-14-6-4-8-16(10-14)26(30)31/h4-12,20H,3H2,1-2H3/t20-/m1/s1. The molecule has 1 aromatic heterocycles. The Morgan fingerprint density at radius 1 is 1.14 bits per heavy atom. The number of non-ortho nitro benzene ring substituents is 2. The lowest BCUT2D eigenvalue weighted by molar-refractivity contribution is -0.385.